The second-order valence-corrected chi connectivity index (χ2v) is 12.4. The summed E-state index contributed by atoms with van der Waals surface area (Å²) in [6, 6.07) is 9.32. The molecule has 41 heavy (non-hydrogen) atoms. The van der Waals surface area contributed by atoms with Gasteiger partial charge in [-0.3, -0.25) is 10.1 Å². The fourth-order valence-corrected chi connectivity index (χ4v) is 6.42. The van der Waals surface area contributed by atoms with E-state index in [0.717, 1.165) is 24.2 Å². The van der Waals surface area contributed by atoms with E-state index < -0.39 is 15.7 Å². The van der Waals surface area contributed by atoms with Crippen molar-refractivity contribution in [1.82, 2.24) is 9.97 Å². The molecule has 1 amide bonds. The summed E-state index contributed by atoms with van der Waals surface area (Å²) in [4.78, 5) is 28.7. The fraction of sp³-hybridized carbons (Fsp3) is 0.481. The van der Waals surface area contributed by atoms with Crippen molar-refractivity contribution in [3.8, 4) is 5.88 Å². The van der Waals surface area contributed by atoms with Crippen LogP contribution in [0.25, 0.3) is 10.3 Å². The van der Waals surface area contributed by atoms with Crippen LogP contribution in [0.15, 0.2) is 46.4 Å². The minimum atomic E-state index is -3.51. The van der Waals surface area contributed by atoms with Crippen LogP contribution in [0, 0.1) is 0 Å². The second-order valence-electron chi connectivity index (χ2n) is 9.27. The number of aliphatic hydroxyl groups is 1. The van der Waals surface area contributed by atoms with E-state index in [9.17, 15) is 13.2 Å². The number of nitrogens with zero attached hydrogens (tertiary/aromatic N) is 3. The highest BCUT2D eigenvalue weighted by Crippen LogP contribution is 2.27. The third-order valence-corrected chi connectivity index (χ3v) is 8.98. The van der Waals surface area contributed by atoms with Gasteiger partial charge >= 0.3 is 0 Å². The molecule has 0 spiro atoms. The number of amides is 1. The number of methoxy groups -OCH3 is 1. The summed E-state index contributed by atoms with van der Waals surface area (Å²) >= 11 is 1.15. The summed E-state index contributed by atoms with van der Waals surface area (Å²) < 4.78 is 41.3. The lowest BCUT2D eigenvalue weighted by Gasteiger charge is -2.12. The van der Waals surface area contributed by atoms with Crippen molar-refractivity contribution < 1.29 is 37.4 Å². The lowest BCUT2D eigenvalue weighted by molar-refractivity contribution is -0.110. The van der Waals surface area contributed by atoms with E-state index in [2.05, 4.69) is 20.4 Å². The number of carbonyl (C=O) groups excluding carboxylic acids is 1. The van der Waals surface area contributed by atoms with E-state index >= 15 is 0 Å². The molecule has 2 atom stereocenters. The Kier molecular flexibility index (Phi) is 11.0. The van der Waals surface area contributed by atoms with E-state index in [-0.39, 0.29) is 41.8 Å². The third kappa shape index (κ3) is 8.42. The van der Waals surface area contributed by atoms with Crippen LogP contribution in [0.3, 0.4) is 0 Å². The van der Waals surface area contributed by atoms with E-state index in [1.165, 1.54) is 31.4 Å². The van der Waals surface area contributed by atoms with Gasteiger partial charge in [-0.25, -0.2) is 18.4 Å². The summed E-state index contributed by atoms with van der Waals surface area (Å²) in [5.74, 6) is -0.287. The van der Waals surface area contributed by atoms with Crippen LogP contribution in [0.1, 0.15) is 38.2 Å². The van der Waals surface area contributed by atoms with Crippen LogP contribution < -0.4 is 10.1 Å². The molecule has 0 saturated heterocycles. The Bertz CT molecular complexity index is 1440. The Hall–Kier alpha value is -3.17. The number of nitrogens with one attached hydrogen (secondary N) is 1. The van der Waals surface area contributed by atoms with Crippen LogP contribution in [0.2, 0.25) is 0 Å². The van der Waals surface area contributed by atoms with Gasteiger partial charge in [-0.2, -0.15) is 0 Å². The largest absolute Gasteiger partial charge is 0.475 e. The van der Waals surface area contributed by atoms with Gasteiger partial charge in [0, 0.05) is 38.4 Å². The third-order valence-electron chi connectivity index (χ3n) is 6.29. The minimum absolute atomic E-state index is 0.0209. The normalized spacial score (nSPS) is 17.6. The highest BCUT2D eigenvalue weighted by molar-refractivity contribution is 7.91. The van der Waals surface area contributed by atoms with Crippen molar-refractivity contribution >= 4 is 48.3 Å². The molecule has 1 saturated carbocycles. The predicted molar refractivity (Wildman–Crippen MR) is 154 cm³/mol. The van der Waals surface area contributed by atoms with E-state index in [1.54, 1.807) is 12.1 Å². The number of sulfone groups is 1. The van der Waals surface area contributed by atoms with E-state index in [1.807, 2.05) is 6.92 Å². The highest BCUT2D eigenvalue weighted by atomic mass is 32.2. The minimum Gasteiger partial charge on any atom is -0.475 e. The number of ether oxygens (including phenoxy) is 3. The summed E-state index contributed by atoms with van der Waals surface area (Å²) in [7, 11) is -1.99. The predicted octanol–water partition coefficient (Wildman–Crippen LogP) is 3.19. The molecule has 3 aromatic rings. The number of anilines is 1. The average Bonchev–Trinajstić information content (AvgIpc) is 3.58. The maximum atomic E-state index is 13.4. The number of pyridine rings is 1. The van der Waals surface area contributed by atoms with Crippen LogP contribution in [0.4, 0.5) is 5.13 Å². The van der Waals surface area contributed by atoms with Crippen molar-refractivity contribution in [1.29, 1.82) is 0 Å². The van der Waals surface area contributed by atoms with Gasteiger partial charge in [0.25, 0.3) is 5.91 Å². The molecule has 1 fully saturated rings. The van der Waals surface area contributed by atoms with Crippen molar-refractivity contribution in [3.63, 3.8) is 0 Å². The summed E-state index contributed by atoms with van der Waals surface area (Å²) in [6.07, 6.45) is 2.50. The first-order valence-electron chi connectivity index (χ1n) is 13.3. The molecule has 1 aromatic carbocycles. The maximum Gasteiger partial charge on any atom is 0.280 e. The second kappa shape index (κ2) is 14.6. The topological polar surface area (TPSA) is 159 Å². The number of thiazole rings is 1. The lowest BCUT2D eigenvalue weighted by atomic mass is 10.1. The summed E-state index contributed by atoms with van der Waals surface area (Å²) in [6.45, 7) is 2.87. The first-order valence-corrected chi connectivity index (χ1v) is 15.8. The highest BCUT2D eigenvalue weighted by Gasteiger charge is 2.28. The van der Waals surface area contributed by atoms with Crippen molar-refractivity contribution in [2.24, 2.45) is 5.16 Å². The molecule has 2 aromatic heterocycles. The summed E-state index contributed by atoms with van der Waals surface area (Å²) in [5, 5.41) is 16.2. The van der Waals surface area contributed by atoms with Crippen molar-refractivity contribution in [2.75, 3.05) is 44.6 Å². The number of oxime groups is 1. The van der Waals surface area contributed by atoms with Crippen molar-refractivity contribution in [2.45, 2.75) is 49.7 Å². The van der Waals surface area contributed by atoms with Gasteiger partial charge in [-0.1, -0.05) is 28.6 Å². The molecule has 0 bridgehead atoms. The molecule has 0 unspecified atom stereocenters. The van der Waals surface area contributed by atoms with Gasteiger partial charge < -0.3 is 24.2 Å². The van der Waals surface area contributed by atoms with Crippen molar-refractivity contribution in [3.05, 3.63) is 42.0 Å². The zero-order valence-corrected chi connectivity index (χ0v) is 24.6. The smallest absolute Gasteiger partial charge is 0.280 e. The average molecular weight is 607 g/mol. The fourth-order valence-electron chi connectivity index (χ4n) is 4.31. The van der Waals surface area contributed by atoms with Crippen LogP contribution in [-0.4, -0.2) is 86.6 Å². The number of aromatic nitrogens is 2. The van der Waals surface area contributed by atoms with Crippen LogP contribution >= 0.6 is 11.3 Å². The Balaban J connectivity index is 1.55. The maximum absolute atomic E-state index is 13.4. The van der Waals surface area contributed by atoms with Gasteiger partial charge in [0.05, 0.1) is 23.4 Å². The first kappa shape index (κ1) is 30.8. The number of aliphatic hydroxyl groups excluding tert-OH is 1. The number of hydrogen-bond donors (Lipinski definition) is 2. The molecule has 0 radical (unpaired) electrons. The van der Waals surface area contributed by atoms with Crippen LogP contribution in [-0.2, 0) is 28.9 Å². The van der Waals surface area contributed by atoms with E-state index in [0.29, 0.717) is 53.0 Å². The monoisotopic (exact) mass is 606 g/mol. The van der Waals surface area contributed by atoms with Gasteiger partial charge in [0.15, 0.2) is 20.7 Å². The standard InChI is InChI=1S/C27H34N4O8S2/c1-3-37-19-7-8-20(17-19)39-31-24(18-5-9-21(10-6-18)41(34,35)16-4-14-36-2)25(33)30-27-28-22-11-12-23(38-15-13-32)29-26(22)40-27/h5-6,9-12,19-20,32H,3-4,7-8,13-17H2,1-2H3,(H,28,30,33)/b31-24+/t19-,20-/m1/s1. The SMILES string of the molecule is CCO[C@@H]1CC[C@@H](O/N=C(/C(=O)Nc2nc3ccc(OCCO)nc3s2)c2ccc(S(=O)(=O)CCCOC)cc2)C1. The Labute approximate surface area is 242 Å². The number of rotatable bonds is 15. The molecule has 2 heterocycles. The quantitative estimate of drug-likeness (QED) is 0.149. The van der Waals surface area contributed by atoms with Crippen LogP contribution in [0.5, 0.6) is 5.88 Å². The van der Waals surface area contributed by atoms with Gasteiger partial charge in [-0.05, 0) is 44.4 Å². The molecule has 14 heteroatoms. The van der Waals surface area contributed by atoms with E-state index in [4.69, 9.17) is 24.2 Å². The molecule has 4 rings (SSSR count). The molecule has 222 valence electrons. The number of fused-ring (bicyclic) bond motifs is 1. The molecule has 1 aliphatic rings. The Morgan fingerprint density at radius 3 is 2.63 bits per heavy atom. The number of hydrogen-bond acceptors (Lipinski definition) is 12. The molecule has 0 aliphatic heterocycles. The lowest BCUT2D eigenvalue weighted by Crippen LogP contribution is -2.25. The van der Waals surface area contributed by atoms with Gasteiger partial charge in [0.2, 0.25) is 5.88 Å². The molecule has 12 nitrogen and oxygen atoms in total. The number of carbonyl (C=O) groups is 1. The molecular weight excluding hydrogens is 572 g/mol. The molecular formula is C27H34N4O8S2. The molecule has 2 N–H and O–H groups in total. The zero-order valence-electron chi connectivity index (χ0n) is 22.9. The Morgan fingerprint density at radius 2 is 1.90 bits per heavy atom. The number of benzene rings is 1. The van der Waals surface area contributed by atoms with Gasteiger partial charge in [0.1, 0.15) is 23.1 Å². The summed E-state index contributed by atoms with van der Waals surface area (Å²) in [5.41, 5.74) is 0.927. The Morgan fingerprint density at radius 1 is 1.12 bits per heavy atom. The molecule has 1 aliphatic carbocycles. The van der Waals surface area contributed by atoms with Gasteiger partial charge in [-0.15, -0.1) is 0 Å². The first-order chi connectivity index (χ1) is 19.8. The zero-order chi connectivity index (χ0) is 29.2.